The quantitative estimate of drug-likeness (QED) is 0.392. The van der Waals surface area contributed by atoms with Crippen LogP contribution in [0.5, 0.6) is 0 Å². The molecule has 2 aromatic rings. The summed E-state index contributed by atoms with van der Waals surface area (Å²) in [5, 5.41) is 10.4. The first-order chi connectivity index (χ1) is 22.0. The van der Waals surface area contributed by atoms with E-state index in [1.807, 2.05) is 47.1 Å². The summed E-state index contributed by atoms with van der Waals surface area (Å²) < 4.78 is 27.5. The molecule has 0 bridgehead atoms. The Morgan fingerprint density at radius 3 is 2.17 bits per heavy atom. The van der Waals surface area contributed by atoms with E-state index in [2.05, 4.69) is 4.90 Å². The van der Waals surface area contributed by atoms with Crippen molar-refractivity contribution in [1.29, 1.82) is 0 Å². The van der Waals surface area contributed by atoms with Crippen LogP contribution in [0.25, 0.3) is 0 Å². The van der Waals surface area contributed by atoms with Crippen molar-refractivity contribution in [2.45, 2.75) is 76.2 Å². The second-order valence-corrected chi connectivity index (χ2v) is 15.7. The molecule has 3 heterocycles. The van der Waals surface area contributed by atoms with Crippen molar-refractivity contribution in [2.75, 3.05) is 57.3 Å². The maximum absolute atomic E-state index is 13.8. The first kappa shape index (κ1) is 34.8. The average Bonchev–Trinajstić information content (AvgIpc) is 3.05. The summed E-state index contributed by atoms with van der Waals surface area (Å²) in [6.45, 7) is 9.06. The predicted octanol–water partition coefficient (Wildman–Crippen LogP) is 4.73. The van der Waals surface area contributed by atoms with Gasteiger partial charge in [-0.3, -0.25) is 9.59 Å². The maximum Gasteiger partial charge on any atom is 0.243 e. The van der Waals surface area contributed by atoms with E-state index >= 15 is 0 Å². The summed E-state index contributed by atoms with van der Waals surface area (Å²) in [6.07, 6.45) is 5.89. The molecule has 0 unspecified atom stereocenters. The lowest BCUT2D eigenvalue weighted by molar-refractivity contribution is -0.133. The molecule has 5 rings (SSSR count). The minimum Gasteiger partial charge on any atom is -0.393 e. The van der Waals surface area contributed by atoms with Gasteiger partial charge in [0.15, 0.2) is 0 Å². The molecule has 0 atom stereocenters. The number of carbonyl (C=O) groups excluding carboxylic acids is 2. The molecule has 11 heteroatoms. The second-order valence-electron chi connectivity index (χ2n) is 13.3. The summed E-state index contributed by atoms with van der Waals surface area (Å²) in [4.78, 5) is 32.1. The zero-order valence-corrected chi connectivity index (χ0v) is 28.8. The molecule has 0 aromatic heterocycles. The number of benzene rings is 2. The Morgan fingerprint density at radius 1 is 0.913 bits per heavy atom. The molecule has 2 aromatic carbocycles. The van der Waals surface area contributed by atoms with E-state index in [1.165, 1.54) is 4.31 Å². The van der Waals surface area contributed by atoms with Gasteiger partial charge in [-0.05, 0) is 119 Å². The third kappa shape index (κ3) is 8.69. The van der Waals surface area contributed by atoms with Gasteiger partial charge in [0.05, 0.1) is 11.0 Å². The molecule has 2 amide bonds. The fourth-order valence-corrected chi connectivity index (χ4v) is 8.65. The zero-order chi connectivity index (χ0) is 32.8. The highest BCUT2D eigenvalue weighted by atomic mass is 35.5. The first-order valence-electron chi connectivity index (χ1n) is 16.8. The average molecular weight is 673 g/mol. The number of amides is 2. The van der Waals surface area contributed by atoms with Crippen molar-refractivity contribution in [1.82, 2.24) is 14.1 Å². The molecule has 3 saturated heterocycles. The van der Waals surface area contributed by atoms with Crippen molar-refractivity contribution >= 4 is 39.1 Å². The predicted molar refractivity (Wildman–Crippen MR) is 181 cm³/mol. The highest BCUT2D eigenvalue weighted by molar-refractivity contribution is 7.89. The first-order valence-corrected chi connectivity index (χ1v) is 18.7. The molecule has 3 fully saturated rings. The van der Waals surface area contributed by atoms with Gasteiger partial charge < -0.3 is 19.8 Å². The van der Waals surface area contributed by atoms with Gasteiger partial charge >= 0.3 is 0 Å². The molecule has 0 spiro atoms. The van der Waals surface area contributed by atoms with Gasteiger partial charge in [-0.25, -0.2) is 8.42 Å². The van der Waals surface area contributed by atoms with Gasteiger partial charge in [0.2, 0.25) is 21.8 Å². The van der Waals surface area contributed by atoms with Gasteiger partial charge in [0.25, 0.3) is 0 Å². The topological polar surface area (TPSA) is 101 Å². The number of nitrogens with zero attached hydrogens (tertiary/aromatic N) is 4. The fraction of sp³-hybridized carbons (Fsp3) is 0.600. The largest absolute Gasteiger partial charge is 0.393 e. The minimum atomic E-state index is -3.53. The molecule has 46 heavy (non-hydrogen) atoms. The van der Waals surface area contributed by atoms with Crippen molar-refractivity contribution in [3.8, 4) is 0 Å². The third-order valence-corrected chi connectivity index (χ3v) is 12.4. The number of aliphatic hydroxyl groups is 1. The highest BCUT2D eigenvalue weighted by Gasteiger charge is 2.31. The van der Waals surface area contributed by atoms with Gasteiger partial charge in [0, 0.05) is 56.3 Å². The molecular formula is C35H49ClN4O5S. The van der Waals surface area contributed by atoms with E-state index in [9.17, 15) is 23.1 Å². The van der Waals surface area contributed by atoms with Crippen molar-refractivity contribution in [3.63, 3.8) is 0 Å². The lowest BCUT2D eigenvalue weighted by Crippen LogP contribution is -2.45. The molecule has 9 nitrogen and oxygen atoms in total. The Bertz CT molecular complexity index is 1450. The Hall–Kier alpha value is -2.50. The Labute approximate surface area is 279 Å². The molecule has 0 saturated carbocycles. The molecule has 3 aliphatic rings. The number of aliphatic hydroxyl groups excluding tert-OH is 1. The van der Waals surface area contributed by atoms with Crippen LogP contribution in [0.3, 0.4) is 0 Å². The smallest absolute Gasteiger partial charge is 0.243 e. The van der Waals surface area contributed by atoms with Crippen LogP contribution in [-0.4, -0.2) is 97.9 Å². The SMILES string of the molecule is CC(=O)N1CCC(C(=O)N(CCCN2CCC(Cc3ccc(S(=O)(=O)N4CCC(O)CC4)cc3)CC2)c2ccc(C)c(Cl)c2)CC1. The monoisotopic (exact) mass is 672 g/mol. The lowest BCUT2D eigenvalue weighted by atomic mass is 9.90. The molecule has 0 radical (unpaired) electrons. The number of hydrogen-bond donors (Lipinski definition) is 1. The van der Waals surface area contributed by atoms with Crippen LogP contribution in [0, 0.1) is 18.8 Å². The van der Waals surface area contributed by atoms with Crippen LogP contribution in [0.4, 0.5) is 5.69 Å². The normalized spacial score (nSPS) is 19.8. The number of halogens is 1. The van der Waals surface area contributed by atoms with Gasteiger partial charge in [0.1, 0.15) is 0 Å². The van der Waals surface area contributed by atoms with E-state index < -0.39 is 16.1 Å². The Balaban J connectivity index is 1.10. The summed E-state index contributed by atoms with van der Waals surface area (Å²) in [5.41, 5.74) is 2.98. The number of aryl methyl sites for hydroxylation is 1. The second kappa shape index (κ2) is 15.6. The van der Waals surface area contributed by atoms with Crippen LogP contribution >= 0.6 is 11.6 Å². The molecule has 1 N–H and O–H groups in total. The van der Waals surface area contributed by atoms with Crippen LogP contribution in [-0.2, 0) is 26.0 Å². The maximum atomic E-state index is 13.8. The summed E-state index contributed by atoms with van der Waals surface area (Å²) in [6, 6.07) is 13.2. The summed E-state index contributed by atoms with van der Waals surface area (Å²) in [5.74, 6) is 0.641. The third-order valence-electron chi connectivity index (χ3n) is 10.1. The molecular weight excluding hydrogens is 624 g/mol. The Morgan fingerprint density at radius 2 is 1.57 bits per heavy atom. The van der Waals surface area contributed by atoms with Crippen molar-refractivity contribution in [2.24, 2.45) is 11.8 Å². The Kier molecular flexibility index (Phi) is 11.8. The number of likely N-dealkylation sites (tertiary alicyclic amines) is 2. The number of piperidine rings is 3. The highest BCUT2D eigenvalue weighted by Crippen LogP contribution is 2.29. The standard InChI is InChI=1S/C35H49ClN4O5S/c1-26-4-7-31(25-34(26)36)40(35(43)30-12-20-38(21-13-30)27(2)41)17-3-16-37-18-10-29(11-19-37)24-28-5-8-33(9-6-28)46(44,45)39-22-14-32(42)15-23-39/h4-9,25,29-30,32,42H,3,10-24H2,1-2H3. The number of hydrogen-bond acceptors (Lipinski definition) is 6. The summed E-state index contributed by atoms with van der Waals surface area (Å²) in [7, 11) is -3.53. The van der Waals surface area contributed by atoms with E-state index in [0.29, 0.717) is 74.2 Å². The van der Waals surface area contributed by atoms with Crippen LogP contribution in [0.2, 0.25) is 5.02 Å². The van der Waals surface area contributed by atoms with Crippen LogP contribution in [0.1, 0.15) is 63.0 Å². The zero-order valence-electron chi connectivity index (χ0n) is 27.2. The van der Waals surface area contributed by atoms with E-state index in [-0.39, 0.29) is 17.7 Å². The van der Waals surface area contributed by atoms with E-state index in [4.69, 9.17) is 11.6 Å². The summed E-state index contributed by atoms with van der Waals surface area (Å²) >= 11 is 6.47. The van der Waals surface area contributed by atoms with Gasteiger partial charge in [-0.1, -0.05) is 29.8 Å². The molecule has 252 valence electrons. The van der Waals surface area contributed by atoms with Crippen LogP contribution < -0.4 is 4.90 Å². The molecule has 3 aliphatic heterocycles. The van der Waals surface area contributed by atoms with Gasteiger partial charge in [-0.15, -0.1) is 0 Å². The lowest BCUT2D eigenvalue weighted by Gasteiger charge is -2.35. The van der Waals surface area contributed by atoms with E-state index in [0.717, 1.165) is 62.1 Å². The van der Waals surface area contributed by atoms with Crippen molar-refractivity contribution < 1.29 is 23.1 Å². The van der Waals surface area contributed by atoms with Gasteiger partial charge in [-0.2, -0.15) is 4.31 Å². The number of sulfonamides is 1. The fourth-order valence-electron chi connectivity index (χ4n) is 7.01. The van der Waals surface area contributed by atoms with Crippen LogP contribution in [0.15, 0.2) is 47.4 Å². The number of carbonyl (C=O) groups is 2. The minimum absolute atomic E-state index is 0.0660. The number of anilines is 1. The van der Waals surface area contributed by atoms with E-state index in [1.54, 1.807) is 19.1 Å². The van der Waals surface area contributed by atoms with Crippen molar-refractivity contribution in [3.05, 3.63) is 58.6 Å². The molecule has 0 aliphatic carbocycles. The number of rotatable bonds is 10.